The van der Waals surface area contributed by atoms with Gasteiger partial charge in [0.05, 0.1) is 12.8 Å². The molecule has 5 nitrogen and oxygen atoms in total. The van der Waals surface area contributed by atoms with Gasteiger partial charge in [0.1, 0.15) is 0 Å². The van der Waals surface area contributed by atoms with Crippen LogP contribution >= 0.6 is 0 Å². The Hall–Kier alpha value is -3.08. The second kappa shape index (κ2) is 7.88. The fourth-order valence-corrected chi connectivity index (χ4v) is 4.92. The molecule has 5 heteroatoms. The number of Topliss-reactive ketones (excluding diaryl/α,β-unsaturated/α-hetero) is 1. The second-order valence-electron chi connectivity index (χ2n) is 9.20. The number of amides is 1. The van der Waals surface area contributed by atoms with Crippen molar-refractivity contribution in [3.05, 3.63) is 64.9 Å². The molecule has 1 heterocycles. The van der Waals surface area contributed by atoms with E-state index in [2.05, 4.69) is 20.8 Å². The average Bonchev–Trinajstić information content (AvgIpc) is 2.72. The first-order chi connectivity index (χ1) is 14.8. The van der Waals surface area contributed by atoms with E-state index < -0.39 is 0 Å². The van der Waals surface area contributed by atoms with Crippen LogP contribution in [-0.2, 0) is 16.0 Å². The number of para-hydroxylation sites is 1. The molecular formula is C26H29NO4. The molecule has 0 fully saturated rings. The van der Waals surface area contributed by atoms with Gasteiger partial charge in [-0.3, -0.25) is 14.5 Å². The number of carbonyl (C=O) groups is 2. The van der Waals surface area contributed by atoms with Crippen molar-refractivity contribution in [3.63, 3.8) is 0 Å². The van der Waals surface area contributed by atoms with Crippen LogP contribution < -0.4 is 9.64 Å². The Bertz CT molecular complexity index is 1080. The van der Waals surface area contributed by atoms with E-state index in [0.717, 1.165) is 34.5 Å². The number of hydrogen-bond donors (Lipinski definition) is 1. The van der Waals surface area contributed by atoms with Crippen molar-refractivity contribution >= 4 is 17.4 Å². The van der Waals surface area contributed by atoms with Gasteiger partial charge in [0, 0.05) is 30.0 Å². The number of ketones is 1. The lowest BCUT2D eigenvalue weighted by Crippen LogP contribution is -2.44. The highest BCUT2D eigenvalue weighted by atomic mass is 16.5. The zero-order valence-corrected chi connectivity index (χ0v) is 18.6. The first kappa shape index (κ1) is 21.2. The summed E-state index contributed by atoms with van der Waals surface area (Å²) >= 11 is 0. The number of carbonyl (C=O) groups excluding carboxylic acids is 2. The molecule has 4 rings (SSSR count). The number of phenols is 1. The van der Waals surface area contributed by atoms with Crippen LogP contribution in [0.25, 0.3) is 0 Å². The van der Waals surface area contributed by atoms with Crippen molar-refractivity contribution < 1.29 is 19.4 Å². The summed E-state index contributed by atoms with van der Waals surface area (Å²) in [7, 11) is 1.49. The third-order valence-electron chi connectivity index (χ3n) is 6.36. The van der Waals surface area contributed by atoms with Crippen LogP contribution in [0.1, 0.15) is 57.1 Å². The number of anilines is 1. The number of phenolic OH excluding ortho intramolecular Hbond substituents is 1. The Balaban J connectivity index is 1.92. The van der Waals surface area contributed by atoms with E-state index in [1.807, 2.05) is 24.3 Å². The summed E-state index contributed by atoms with van der Waals surface area (Å²) in [6.07, 6.45) is 2.12. The lowest BCUT2D eigenvalue weighted by molar-refractivity contribution is -0.121. The van der Waals surface area contributed by atoms with Crippen LogP contribution in [0.3, 0.4) is 0 Å². The van der Waals surface area contributed by atoms with Gasteiger partial charge >= 0.3 is 0 Å². The van der Waals surface area contributed by atoms with E-state index in [-0.39, 0.29) is 35.2 Å². The van der Waals surface area contributed by atoms with Crippen LogP contribution in [-0.4, -0.2) is 23.9 Å². The van der Waals surface area contributed by atoms with E-state index in [9.17, 15) is 14.7 Å². The van der Waals surface area contributed by atoms with Gasteiger partial charge in [-0.1, -0.05) is 45.0 Å². The van der Waals surface area contributed by atoms with E-state index in [1.54, 1.807) is 23.1 Å². The number of hydrogen-bond acceptors (Lipinski definition) is 4. The Labute approximate surface area is 183 Å². The van der Waals surface area contributed by atoms with Crippen LogP contribution in [0.4, 0.5) is 5.69 Å². The maximum atomic E-state index is 13.5. The largest absolute Gasteiger partial charge is 0.504 e. The van der Waals surface area contributed by atoms with E-state index in [1.165, 1.54) is 7.11 Å². The number of allylic oxidation sites excluding steroid dienone is 2. The van der Waals surface area contributed by atoms with E-state index in [4.69, 9.17) is 4.74 Å². The molecule has 0 bridgehead atoms. The molecule has 2 aromatic carbocycles. The first-order valence-corrected chi connectivity index (χ1v) is 10.8. The molecule has 1 N–H and O–H groups in total. The number of ether oxygens (including phenoxy) is 1. The maximum Gasteiger partial charge on any atom is 0.232 e. The summed E-state index contributed by atoms with van der Waals surface area (Å²) in [5.41, 5.74) is 4.09. The van der Waals surface area contributed by atoms with Crippen molar-refractivity contribution in [1.82, 2.24) is 0 Å². The molecule has 1 aliphatic carbocycles. The van der Waals surface area contributed by atoms with Crippen LogP contribution in [0.2, 0.25) is 0 Å². The van der Waals surface area contributed by atoms with E-state index >= 15 is 0 Å². The fraction of sp³-hybridized carbons (Fsp3) is 0.385. The minimum absolute atomic E-state index is 0.0119. The highest BCUT2D eigenvalue weighted by Crippen LogP contribution is 2.49. The quantitative estimate of drug-likeness (QED) is 0.746. The van der Waals surface area contributed by atoms with Crippen LogP contribution in [0, 0.1) is 5.41 Å². The summed E-state index contributed by atoms with van der Waals surface area (Å²) < 4.78 is 5.27. The SMILES string of the molecule is CCc1ccccc1N1C(=O)CC(c2ccc(O)c(OC)c2)C2=C1CC(C)(C)CC2=O. The molecule has 31 heavy (non-hydrogen) atoms. The monoisotopic (exact) mass is 419 g/mol. The highest BCUT2D eigenvalue weighted by Gasteiger charge is 2.44. The van der Waals surface area contributed by atoms with Gasteiger partial charge < -0.3 is 9.84 Å². The molecule has 2 aromatic rings. The van der Waals surface area contributed by atoms with Crippen molar-refractivity contribution in [2.45, 2.75) is 52.4 Å². The second-order valence-corrected chi connectivity index (χ2v) is 9.20. The molecule has 1 atom stereocenters. The first-order valence-electron chi connectivity index (χ1n) is 10.8. The zero-order chi connectivity index (χ0) is 22.3. The van der Waals surface area contributed by atoms with Gasteiger partial charge in [0.2, 0.25) is 5.91 Å². The van der Waals surface area contributed by atoms with Gasteiger partial charge in [0.15, 0.2) is 17.3 Å². The normalized spacial score (nSPS) is 20.6. The lowest BCUT2D eigenvalue weighted by Gasteiger charge is -2.43. The topological polar surface area (TPSA) is 66.8 Å². The number of nitrogens with zero attached hydrogens (tertiary/aromatic N) is 1. The third-order valence-corrected chi connectivity index (χ3v) is 6.36. The molecule has 2 aliphatic rings. The summed E-state index contributed by atoms with van der Waals surface area (Å²) in [6.45, 7) is 6.23. The molecule has 1 amide bonds. The molecule has 162 valence electrons. The minimum atomic E-state index is -0.342. The highest BCUT2D eigenvalue weighted by molar-refractivity contribution is 6.08. The van der Waals surface area contributed by atoms with Crippen molar-refractivity contribution in [2.24, 2.45) is 5.41 Å². The van der Waals surface area contributed by atoms with E-state index in [0.29, 0.717) is 18.6 Å². The van der Waals surface area contributed by atoms with Crippen molar-refractivity contribution in [1.29, 1.82) is 0 Å². The summed E-state index contributed by atoms with van der Waals surface area (Å²) in [5.74, 6) is 0.120. The van der Waals surface area contributed by atoms with Crippen LogP contribution in [0.5, 0.6) is 11.5 Å². The number of aryl methyl sites for hydroxylation is 1. The molecule has 0 radical (unpaired) electrons. The van der Waals surface area contributed by atoms with Gasteiger partial charge in [-0.15, -0.1) is 0 Å². The summed E-state index contributed by atoms with van der Waals surface area (Å²) in [6, 6.07) is 13.0. The Kier molecular flexibility index (Phi) is 5.38. The number of aromatic hydroxyl groups is 1. The predicted molar refractivity (Wildman–Crippen MR) is 120 cm³/mol. The number of methoxy groups -OCH3 is 1. The predicted octanol–water partition coefficient (Wildman–Crippen LogP) is 5.13. The molecule has 1 aliphatic heterocycles. The minimum Gasteiger partial charge on any atom is -0.504 e. The standard InChI is InChI=1S/C26H29NO4/c1-5-16-8-6-7-9-19(16)27-20-14-26(2,3)15-22(29)25(20)18(13-24(27)30)17-10-11-21(28)23(12-17)31-4/h6-12,18,28H,5,13-15H2,1-4H3. The molecular weight excluding hydrogens is 390 g/mol. The molecule has 0 saturated heterocycles. The van der Waals surface area contributed by atoms with Crippen molar-refractivity contribution in [2.75, 3.05) is 12.0 Å². The van der Waals surface area contributed by atoms with Gasteiger partial charge in [0.25, 0.3) is 0 Å². The maximum absolute atomic E-state index is 13.5. The number of benzene rings is 2. The Morgan fingerprint density at radius 1 is 1.13 bits per heavy atom. The molecule has 0 aromatic heterocycles. The Morgan fingerprint density at radius 2 is 1.87 bits per heavy atom. The van der Waals surface area contributed by atoms with Crippen molar-refractivity contribution in [3.8, 4) is 11.5 Å². The Morgan fingerprint density at radius 3 is 2.58 bits per heavy atom. The zero-order valence-electron chi connectivity index (χ0n) is 18.6. The van der Waals surface area contributed by atoms with Gasteiger partial charge in [-0.05, 0) is 47.6 Å². The lowest BCUT2D eigenvalue weighted by atomic mass is 9.69. The summed E-state index contributed by atoms with van der Waals surface area (Å²) in [5, 5.41) is 10.0. The fourth-order valence-electron chi connectivity index (χ4n) is 4.92. The third kappa shape index (κ3) is 3.73. The molecule has 1 unspecified atom stereocenters. The van der Waals surface area contributed by atoms with Gasteiger partial charge in [-0.2, -0.15) is 0 Å². The van der Waals surface area contributed by atoms with Gasteiger partial charge in [-0.25, -0.2) is 0 Å². The van der Waals surface area contributed by atoms with Crippen LogP contribution in [0.15, 0.2) is 53.7 Å². The molecule has 0 spiro atoms. The molecule has 0 saturated carbocycles. The average molecular weight is 420 g/mol. The smallest absolute Gasteiger partial charge is 0.232 e. The summed E-state index contributed by atoms with van der Waals surface area (Å²) in [4.78, 5) is 28.7. The number of rotatable bonds is 4.